The summed E-state index contributed by atoms with van der Waals surface area (Å²) in [5.41, 5.74) is 0.228. The predicted molar refractivity (Wildman–Crippen MR) is 60.6 cm³/mol. The van der Waals surface area contributed by atoms with Crippen molar-refractivity contribution in [1.82, 2.24) is 4.90 Å². The van der Waals surface area contributed by atoms with Gasteiger partial charge in [-0.2, -0.15) is 0 Å². The van der Waals surface area contributed by atoms with Crippen LogP contribution < -0.4 is 0 Å². The molecular formula is C8H17Br2NO. The van der Waals surface area contributed by atoms with E-state index in [0.29, 0.717) is 0 Å². The molecule has 0 N–H and O–H groups in total. The van der Waals surface area contributed by atoms with Crippen molar-refractivity contribution >= 4 is 32.9 Å². The topological polar surface area (TPSA) is 12.5 Å². The van der Waals surface area contributed by atoms with Gasteiger partial charge in [-0.05, 0) is 13.8 Å². The maximum atomic E-state index is 5.40. The highest BCUT2D eigenvalue weighted by atomic mass is 79.9. The zero-order chi connectivity index (χ0) is 8.32. The molecule has 1 fully saturated rings. The standard InChI is InChI=1S/C8H16BrNO.BrH/c1-8(2)7-11-6-5-10(8)4-3-9;/h3-7H2,1-2H3;1H. The lowest BCUT2D eigenvalue weighted by atomic mass is 10.0. The summed E-state index contributed by atoms with van der Waals surface area (Å²) >= 11 is 3.45. The molecule has 74 valence electrons. The van der Waals surface area contributed by atoms with Crippen molar-refractivity contribution in [3.05, 3.63) is 0 Å². The van der Waals surface area contributed by atoms with Crippen molar-refractivity contribution in [3.63, 3.8) is 0 Å². The van der Waals surface area contributed by atoms with Crippen LogP contribution in [0.5, 0.6) is 0 Å². The highest BCUT2D eigenvalue weighted by molar-refractivity contribution is 9.09. The van der Waals surface area contributed by atoms with Crippen LogP contribution in [0.3, 0.4) is 0 Å². The van der Waals surface area contributed by atoms with Crippen LogP contribution in [-0.4, -0.2) is 42.1 Å². The molecular weight excluding hydrogens is 286 g/mol. The number of ether oxygens (including phenoxy) is 1. The largest absolute Gasteiger partial charge is 0.378 e. The van der Waals surface area contributed by atoms with Gasteiger partial charge >= 0.3 is 0 Å². The first kappa shape index (κ1) is 12.9. The number of halogens is 2. The monoisotopic (exact) mass is 301 g/mol. The second-order valence-electron chi connectivity index (χ2n) is 3.54. The molecule has 0 unspecified atom stereocenters. The number of hydrogen-bond donors (Lipinski definition) is 0. The van der Waals surface area contributed by atoms with Gasteiger partial charge in [0.05, 0.1) is 13.2 Å². The van der Waals surface area contributed by atoms with Crippen LogP contribution >= 0.6 is 32.9 Å². The summed E-state index contributed by atoms with van der Waals surface area (Å²) < 4.78 is 5.40. The van der Waals surface area contributed by atoms with E-state index in [1.807, 2.05) is 0 Å². The third-order valence-corrected chi connectivity index (χ3v) is 2.53. The van der Waals surface area contributed by atoms with E-state index in [4.69, 9.17) is 4.74 Å². The summed E-state index contributed by atoms with van der Waals surface area (Å²) in [6.45, 7) is 8.40. The lowest BCUT2D eigenvalue weighted by Gasteiger charge is -2.41. The van der Waals surface area contributed by atoms with Crippen LogP contribution in [0.1, 0.15) is 13.8 Å². The normalized spacial score (nSPS) is 23.2. The van der Waals surface area contributed by atoms with Crippen molar-refractivity contribution in [1.29, 1.82) is 0 Å². The summed E-state index contributed by atoms with van der Waals surface area (Å²) in [6.07, 6.45) is 0. The van der Waals surface area contributed by atoms with Gasteiger partial charge in [-0.3, -0.25) is 4.90 Å². The molecule has 0 bridgehead atoms. The predicted octanol–water partition coefficient (Wildman–Crippen LogP) is 2.07. The fourth-order valence-electron chi connectivity index (χ4n) is 1.41. The van der Waals surface area contributed by atoms with Gasteiger partial charge in [0.15, 0.2) is 0 Å². The average molecular weight is 303 g/mol. The summed E-state index contributed by atoms with van der Waals surface area (Å²) in [5.74, 6) is 0. The van der Waals surface area contributed by atoms with Crippen LogP contribution in [0.4, 0.5) is 0 Å². The van der Waals surface area contributed by atoms with E-state index in [1.165, 1.54) is 0 Å². The number of rotatable bonds is 2. The molecule has 1 aliphatic heterocycles. The molecule has 1 rings (SSSR count). The van der Waals surface area contributed by atoms with Crippen molar-refractivity contribution in [2.45, 2.75) is 19.4 Å². The molecule has 4 heteroatoms. The van der Waals surface area contributed by atoms with Gasteiger partial charge in [0.25, 0.3) is 0 Å². The van der Waals surface area contributed by atoms with E-state index >= 15 is 0 Å². The Bertz CT molecular complexity index is 128. The molecule has 0 aromatic rings. The van der Waals surface area contributed by atoms with E-state index in [2.05, 4.69) is 34.7 Å². The van der Waals surface area contributed by atoms with E-state index in [-0.39, 0.29) is 22.5 Å². The Kier molecular flexibility index (Phi) is 5.99. The van der Waals surface area contributed by atoms with E-state index in [0.717, 1.165) is 31.6 Å². The highest BCUT2D eigenvalue weighted by Gasteiger charge is 2.29. The number of nitrogens with zero attached hydrogens (tertiary/aromatic N) is 1. The second-order valence-corrected chi connectivity index (χ2v) is 4.33. The number of alkyl halides is 1. The highest BCUT2D eigenvalue weighted by Crippen LogP contribution is 2.18. The van der Waals surface area contributed by atoms with Gasteiger partial charge in [-0.15, -0.1) is 17.0 Å². The Morgan fingerprint density at radius 3 is 2.67 bits per heavy atom. The number of hydrogen-bond acceptors (Lipinski definition) is 2. The Hall–Kier alpha value is 0.880. The lowest BCUT2D eigenvalue weighted by molar-refractivity contribution is -0.0475. The van der Waals surface area contributed by atoms with Crippen LogP contribution in [-0.2, 0) is 4.74 Å². The minimum Gasteiger partial charge on any atom is -0.378 e. The molecule has 0 aliphatic carbocycles. The van der Waals surface area contributed by atoms with Gasteiger partial charge in [-0.25, -0.2) is 0 Å². The molecule has 1 saturated heterocycles. The van der Waals surface area contributed by atoms with Gasteiger partial charge in [0.1, 0.15) is 0 Å². The number of morpholine rings is 1. The Balaban J connectivity index is 0.00000121. The first-order valence-corrected chi connectivity index (χ1v) is 5.18. The summed E-state index contributed by atoms with van der Waals surface area (Å²) in [5, 5.41) is 1.05. The van der Waals surface area contributed by atoms with Crippen LogP contribution in [0.25, 0.3) is 0 Å². The third kappa shape index (κ3) is 3.32. The average Bonchev–Trinajstić information content (AvgIpc) is 1.94. The zero-order valence-electron chi connectivity index (χ0n) is 7.68. The van der Waals surface area contributed by atoms with E-state index in [1.54, 1.807) is 0 Å². The summed E-state index contributed by atoms with van der Waals surface area (Å²) in [4.78, 5) is 2.46. The quantitative estimate of drug-likeness (QED) is 0.724. The summed E-state index contributed by atoms with van der Waals surface area (Å²) in [6, 6.07) is 0. The fourth-order valence-corrected chi connectivity index (χ4v) is 1.84. The van der Waals surface area contributed by atoms with Crippen molar-refractivity contribution in [3.8, 4) is 0 Å². The van der Waals surface area contributed by atoms with Crippen LogP contribution in [0, 0.1) is 0 Å². The minimum absolute atomic E-state index is 0. The van der Waals surface area contributed by atoms with Crippen molar-refractivity contribution in [2.24, 2.45) is 0 Å². The van der Waals surface area contributed by atoms with Crippen LogP contribution in [0.2, 0.25) is 0 Å². The molecule has 0 atom stereocenters. The maximum Gasteiger partial charge on any atom is 0.0645 e. The van der Waals surface area contributed by atoms with E-state index in [9.17, 15) is 0 Å². The molecule has 1 aliphatic rings. The van der Waals surface area contributed by atoms with E-state index < -0.39 is 0 Å². The smallest absolute Gasteiger partial charge is 0.0645 e. The molecule has 0 aromatic carbocycles. The molecule has 1 heterocycles. The molecule has 0 aromatic heterocycles. The van der Waals surface area contributed by atoms with Gasteiger partial charge < -0.3 is 4.74 Å². The Morgan fingerprint density at radius 1 is 1.50 bits per heavy atom. The first-order valence-electron chi connectivity index (χ1n) is 4.05. The van der Waals surface area contributed by atoms with Crippen LogP contribution in [0.15, 0.2) is 0 Å². The fraction of sp³-hybridized carbons (Fsp3) is 1.00. The summed E-state index contributed by atoms with van der Waals surface area (Å²) in [7, 11) is 0. The molecule has 0 spiro atoms. The zero-order valence-corrected chi connectivity index (χ0v) is 11.0. The second kappa shape index (κ2) is 5.58. The first-order chi connectivity index (χ1) is 5.17. The molecule has 0 saturated carbocycles. The Morgan fingerprint density at radius 2 is 2.17 bits per heavy atom. The SMILES string of the molecule is Br.CC1(C)COCCN1CCBr. The van der Waals surface area contributed by atoms with Gasteiger partial charge in [0.2, 0.25) is 0 Å². The van der Waals surface area contributed by atoms with Gasteiger partial charge in [0, 0.05) is 24.0 Å². The maximum absolute atomic E-state index is 5.40. The van der Waals surface area contributed by atoms with Gasteiger partial charge in [-0.1, -0.05) is 15.9 Å². The lowest BCUT2D eigenvalue weighted by Crippen LogP contribution is -2.53. The van der Waals surface area contributed by atoms with Crippen molar-refractivity contribution < 1.29 is 4.74 Å². The Labute approximate surface area is 93.5 Å². The minimum atomic E-state index is 0. The molecule has 2 nitrogen and oxygen atoms in total. The third-order valence-electron chi connectivity index (χ3n) is 2.17. The van der Waals surface area contributed by atoms with Crippen molar-refractivity contribution in [2.75, 3.05) is 31.6 Å². The molecule has 0 amide bonds. The molecule has 0 radical (unpaired) electrons. The molecule has 12 heavy (non-hydrogen) atoms.